The fraction of sp³-hybridized carbons (Fsp3) is 0.263. The molecular formula is C19H20ClNO3S. The monoisotopic (exact) mass is 377 g/mol. The predicted octanol–water partition coefficient (Wildman–Crippen LogP) is 5.27. The lowest BCUT2D eigenvalue weighted by Gasteiger charge is -2.12. The van der Waals surface area contributed by atoms with Crippen LogP contribution in [-0.4, -0.2) is 23.7 Å². The normalized spacial score (nSPS) is 10.6. The van der Waals surface area contributed by atoms with Crippen LogP contribution in [0.15, 0.2) is 47.4 Å². The quantitative estimate of drug-likeness (QED) is 0.550. The van der Waals surface area contributed by atoms with Crippen LogP contribution in [0.4, 0.5) is 5.69 Å². The maximum atomic E-state index is 12.6. The van der Waals surface area contributed by atoms with Crippen molar-refractivity contribution in [1.29, 1.82) is 0 Å². The van der Waals surface area contributed by atoms with E-state index >= 15 is 0 Å². The van der Waals surface area contributed by atoms with Gasteiger partial charge in [-0.15, -0.1) is 11.8 Å². The number of rotatable bonds is 6. The zero-order valence-corrected chi connectivity index (χ0v) is 15.9. The van der Waals surface area contributed by atoms with Gasteiger partial charge in [-0.3, -0.25) is 4.79 Å². The van der Waals surface area contributed by atoms with Crippen LogP contribution in [0, 0.1) is 0 Å². The van der Waals surface area contributed by atoms with E-state index in [-0.39, 0.29) is 23.1 Å². The third-order valence-corrected chi connectivity index (χ3v) is 4.62. The summed E-state index contributed by atoms with van der Waals surface area (Å²) >= 11 is 7.67. The minimum absolute atomic E-state index is 0.228. The molecule has 1 N–H and O–H groups in total. The van der Waals surface area contributed by atoms with Gasteiger partial charge < -0.3 is 10.1 Å². The third kappa shape index (κ3) is 5.25. The van der Waals surface area contributed by atoms with Crippen molar-refractivity contribution in [3.05, 3.63) is 58.6 Å². The van der Waals surface area contributed by atoms with Crippen molar-refractivity contribution in [3.63, 3.8) is 0 Å². The number of hydrogen-bond acceptors (Lipinski definition) is 4. The lowest BCUT2D eigenvalue weighted by atomic mass is 10.1. The van der Waals surface area contributed by atoms with Crippen LogP contribution in [0.1, 0.15) is 41.5 Å². The molecule has 0 radical (unpaired) electrons. The van der Waals surface area contributed by atoms with Crippen molar-refractivity contribution in [3.8, 4) is 0 Å². The molecule has 1 amide bonds. The number of nitrogens with one attached hydrogen (secondary N) is 1. The molecule has 0 bridgehead atoms. The van der Waals surface area contributed by atoms with Gasteiger partial charge in [-0.25, -0.2) is 4.79 Å². The van der Waals surface area contributed by atoms with Gasteiger partial charge in [0.25, 0.3) is 5.91 Å². The number of hydrogen-bond donors (Lipinski definition) is 1. The smallest absolute Gasteiger partial charge is 0.339 e. The number of esters is 1. The molecule has 0 unspecified atom stereocenters. The number of carbonyl (C=O) groups excluding carboxylic acids is 2. The summed E-state index contributed by atoms with van der Waals surface area (Å²) in [7, 11) is 0. The van der Waals surface area contributed by atoms with E-state index in [4.69, 9.17) is 16.3 Å². The Balaban J connectivity index is 2.24. The van der Waals surface area contributed by atoms with Crippen molar-refractivity contribution < 1.29 is 14.3 Å². The van der Waals surface area contributed by atoms with Gasteiger partial charge in [0.15, 0.2) is 0 Å². The average Bonchev–Trinajstić information content (AvgIpc) is 2.56. The summed E-state index contributed by atoms with van der Waals surface area (Å²) in [5, 5.41) is 3.46. The van der Waals surface area contributed by atoms with Crippen LogP contribution in [0.5, 0.6) is 0 Å². The second kappa shape index (κ2) is 8.92. The molecule has 0 heterocycles. The molecule has 0 aromatic heterocycles. The Morgan fingerprint density at radius 2 is 1.88 bits per heavy atom. The second-order valence-corrected chi connectivity index (χ2v) is 7.56. The highest BCUT2D eigenvalue weighted by Gasteiger charge is 2.16. The van der Waals surface area contributed by atoms with Gasteiger partial charge >= 0.3 is 5.97 Å². The summed E-state index contributed by atoms with van der Waals surface area (Å²) in [4.78, 5) is 25.5. The lowest BCUT2D eigenvalue weighted by Crippen LogP contribution is -2.14. The van der Waals surface area contributed by atoms with Crippen LogP contribution in [-0.2, 0) is 4.74 Å². The second-order valence-electron chi connectivity index (χ2n) is 5.53. The molecule has 2 rings (SSSR count). The van der Waals surface area contributed by atoms with E-state index in [1.807, 2.05) is 18.2 Å². The summed E-state index contributed by atoms with van der Waals surface area (Å²) in [6.45, 7) is 6.13. The van der Waals surface area contributed by atoms with Crippen LogP contribution < -0.4 is 5.32 Å². The standard InChI is InChI=1S/C19H20ClNO3S/c1-4-24-19(23)15-11-13(9-10-16(15)20)21-18(22)14-7-5-6-8-17(14)25-12(2)3/h5-12H,4H2,1-3H3,(H,21,22). The molecule has 6 heteroatoms. The molecule has 25 heavy (non-hydrogen) atoms. The molecule has 0 saturated heterocycles. The molecule has 0 aliphatic heterocycles. The molecule has 132 valence electrons. The van der Waals surface area contributed by atoms with E-state index in [9.17, 15) is 9.59 Å². The zero-order valence-electron chi connectivity index (χ0n) is 14.3. The highest BCUT2D eigenvalue weighted by molar-refractivity contribution is 8.00. The molecular weight excluding hydrogens is 358 g/mol. The molecule has 0 fully saturated rings. The van der Waals surface area contributed by atoms with Crippen molar-refractivity contribution in [2.24, 2.45) is 0 Å². The number of carbonyl (C=O) groups is 2. The Hall–Kier alpha value is -1.98. The summed E-state index contributed by atoms with van der Waals surface area (Å²) < 4.78 is 4.98. The topological polar surface area (TPSA) is 55.4 Å². The molecule has 4 nitrogen and oxygen atoms in total. The first-order valence-electron chi connectivity index (χ1n) is 7.96. The summed E-state index contributed by atoms with van der Waals surface area (Å²) in [6.07, 6.45) is 0. The van der Waals surface area contributed by atoms with Crippen molar-refractivity contribution in [1.82, 2.24) is 0 Å². The van der Waals surface area contributed by atoms with Crippen LogP contribution in [0.25, 0.3) is 0 Å². The largest absolute Gasteiger partial charge is 0.462 e. The number of ether oxygens (including phenoxy) is 1. The summed E-state index contributed by atoms with van der Waals surface area (Å²) in [6, 6.07) is 12.2. The number of benzene rings is 2. The molecule has 2 aromatic rings. The first-order valence-corrected chi connectivity index (χ1v) is 9.21. The van der Waals surface area contributed by atoms with Crippen molar-refractivity contribution in [2.45, 2.75) is 30.9 Å². The fourth-order valence-corrected chi connectivity index (χ4v) is 3.33. The molecule has 0 atom stereocenters. The predicted molar refractivity (Wildman–Crippen MR) is 103 cm³/mol. The van der Waals surface area contributed by atoms with E-state index in [2.05, 4.69) is 19.2 Å². The highest BCUT2D eigenvalue weighted by atomic mass is 35.5. The molecule has 2 aromatic carbocycles. The third-order valence-electron chi connectivity index (χ3n) is 3.21. The van der Waals surface area contributed by atoms with Crippen LogP contribution >= 0.6 is 23.4 Å². The van der Waals surface area contributed by atoms with E-state index in [0.717, 1.165) is 4.90 Å². The Bertz CT molecular complexity index is 777. The highest BCUT2D eigenvalue weighted by Crippen LogP contribution is 2.28. The van der Waals surface area contributed by atoms with Gasteiger partial charge in [0, 0.05) is 15.8 Å². The van der Waals surface area contributed by atoms with Crippen molar-refractivity contribution in [2.75, 3.05) is 11.9 Å². The first kappa shape index (κ1) is 19.3. The molecule has 0 aliphatic rings. The summed E-state index contributed by atoms with van der Waals surface area (Å²) in [5.41, 5.74) is 1.31. The van der Waals surface area contributed by atoms with Gasteiger partial charge in [-0.05, 0) is 37.3 Å². The zero-order chi connectivity index (χ0) is 18.4. The average molecular weight is 378 g/mol. The van der Waals surface area contributed by atoms with Gasteiger partial charge in [0.2, 0.25) is 0 Å². The molecule has 0 saturated carbocycles. The van der Waals surface area contributed by atoms with Gasteiger partial charge in [0.1, 0.15) is 0 Å². The van der Waals surface area contributed by atoms with E-state index in [0.29, 0.717) is 16.5 Å². The molecule has 0 aliphatic carbocycles. The number of amides is 1. The lowest BCUT2D eigenvalue weighted by molar-refractivity contribution is 0.0526. The SMILES string of the molecule is CCOC(=O)c1cc(NC(=O)c2ccccc2SC(C)C)ccc1Cl. The van der Waals surface area contributed by atoms with Gasteiger partial charge in [-0.1, -0.05) is 37.6 Å². The Morgan fingerprint density at radius 3 is 2.56 bits per heavy atom. The Labute approximate surface area is 156 Å². The Kier molecular flexibility index (Phi) is 6.91. The van der Waals surface area contributed by atoms with Crippen LogP contribution in [0.3, 0.4) is 0 Å². The van der Waals surface area contributed by atoms with Crippen molar-refractivity contribution >= 4 is 40.9 Å². The summed E-state index contributed by atoms with van der Waals surface area (Å²) in [5.74, 6) is -0.750. The number of halogens is 1. The van der Waals surface area contributed by atoms with Gasteiger partial charge in [-0.2, -0.15) is 0 Å². The Morgan fingerprint density at radius 1 is 1.16 bits per heavy atom. The number of thioether (sulfide) groups is 1. The molecule has 0 spiro atoms. The minimum Gasteiger partial charge on any atom is -0.462 e. The maximum Gasteiger partial charge on any atom is 0.339 e. The van der Waals surface area contributed by atoms with Crippen LogP contribution in [0.2, 0.25) is 5.02 Å². The maximum absolute atomic E-state index is 12.6. The number of anilines is 1. The van der Waals surface area contributed by atoms with E-state index in [1.165, 1.54) is 6.07 Å². The van der Waals surface area contributed by atoms with E-state index < -0.39 is 5.97 Å². The van der Waals surface area contributed by atoms with Gasteiger partial charge in [0.05, 0.1) is 22.8 Å². The minimum atomic E-state index is -0.514. The van der Waals surface area contributed by atoms with E-state index in [1.54, 1.807) is 36.9 Å². The first-order chi connectivity index (χ1) is 11.9. The fourth-order valence-electron chi connectivity index (χ4n) is 2.18.